The Labute approximate surface area is 163 Å². The Morgan fingerprint density at radius 1 is 1.35 bits per heavy atom. The maximum atomic E-state index is 11.9. The molecule has 140 valence electrons. The van der Waals surface area contributed by atoms with Gasteiger partial charge in [0.25, 0.3) is 0 Å². The fourth-order valence-electron chi connectivity index (χ4n) is 1.83. The molecule has 0 spiro atoms. The summed E-state index contributed by atoms with van der Waals surface area (Å²) in [6, 6.07) is 4.65. The van der Waals surface area contributed by atoms with Gasteiger partial charge < -0.3 is 10.4 Å². The molecule has 26 heavy (non-hydrogen) atoms. The zero-order chi connectivity index (χ0) is 19.1. The number of thiazole rings is 1. The van der Waals surface area contributed by atoms with E-state index >= 15 is 0 Å². The number of nitrogens with zero attached hydrogens (tertiary/aromatic N) is 2. The van der Waals surface area contributed by atoms with Crippen LogP contribution in [0.15, 0.2) is 23.6 Å². The highest BCUT2D eigenvalue weighted by Gasteiger charge is 2.12. The predicted octanol–water partition coefficient (Wildman–Crippen LogP) is 4.20. The van der Waals surface area contributed by atoms with Crippen LogP contribution in [0.1, 0.15) is 18.2 Å². The van der Waals surface area contributed by atoms with Crippen molar-refractivity contribution in [2.75, 3.05) is 11.9 Å². The first kappa shape index (κ1) is 20.2. The fraction of sp³-hybridized carbons (Fsp3) is 0.267. The van der Waals surface area contributed by atoms with Crippen molar-refractivity contribution in [2.24, 2.45) is 0 Å². The van der Waals surface area contributed by atoms with Crippen LogP contribution in [0.4, 0.5) is 14.7 Å². The number of carbonyl (C=O) groups is 2. The van der Waals surface area contributed by atoms with E-state index < -0.39 is 12.1 Å². The zero-order valence-corrected chi connectivity index (χ0v) is 16.0. The lowest BCUT2D eigenvalue weighted by molar-refractivity contribution is -0.138. The van der Waals surface area contributed by atoms with E-state index in [0.717, 1.165) is 10.6 Å². The monoisotopic (exact) mass is 418 g/mol. The minimum atomic E-state index is -1.18. The van der Waals surface area contributed by atoms with E-state index in [1.165, 1.54) is 11.3 Å². The third-order valence-electron chi connectivity index (χ3n) is 3.08. The highest BCUT2D eigenvalue weighted by atomic mass is 35.5. The lowest BCUT2D eigenvalue weighted by atomic mass is 10.2. The molecule has 0 fully saturated rings. The number of amides is 3. The Morgan fingerprint density at radius 3 is 2.77 bits per heavy atom. The fourth-order valence-corrected chi connectivity index (χ4v) is 2.84. The number of nitrogens with one attached hydrogen (secondary N) is 2. The molecule has 0 unspecified atom stereocenters. The SMILES string of the molecule is CCN(OCc1csc(NC(=O)NCc2ccc(Cl)c(Cl)c2)n1)C(=O)O. The van der Waals surface area contributed by atoms with Gasteiger partial charge in [-0.1, -0.05) is 29.3 Å². The van der Waals surface area contributed by atoms with Gasteiger partial charge in [-0.05, 0) is 24.6 Å². The van der Waals surface area contributed by atoms with Crippen LogP contribution in [0, 0.1) is 0 Å². The smallest absolute Gasteiger partial charge is 0.431 e. The van der Waals surface area contributed by atoms with Gasteiger partial charge in [-0.2, -0.15) is 5.06 Å². The molecule has 11 heteroatoms. The molecule has 2 rings (SSSR count). The molecule has 0 atom stereocenters. The van der Waals surface area contributed by atoms with Gasteiger partial charge in [0.15, 0.2) is 5.13 Å². The third-order valence-corrected chi connectivity index (χ3v) is 4.62. The van der Waals surface area contributed by atoms with E-state index in [4.69, 9.17) is 33.1 Å². The first-order valence-electron chi connectivity index (χ1n) is 7.45. The van der Waals surface area contributed by atoms with E-state index in [9.17, 15) is 9.59 Å². The number of hydrogen-bond acceptors (Lipinski definition) is 5. The van der Waals surface area contributed by atoms with Gasteiger partial charge in [-0.25, -0.2) is 14.6 Å². The Balaban J connectivity index is 1.81. The second kappa shape index (κ2) is 9.58. The average molecular weight is 419 g/mol. The molecular formula is C15H16Cl2N4O4S. The number of carbonyl (C=O) groups excluding carboxylic acids is 1. The van der Waals surface area contributed by atoms with Gasteiger partial charge in [0.2, 0.25) is 0 Å². The molecular weight excluding hydrogens is 403 g/mol. The van der Waals surface area contributed by atoms with Gasteiger partial charge in [0.1, 0.15) is 6.61 Å². The normalized spacial score (nSPS) is 10.4. The van der Waals surface area contributed by atoms with Crippen LogP contribution in [-0.2, 0) is 18.0 Å². The van der Waals surface area contributed by atoms with Crippen molar-refractivity contribution < 1.29 is 19.5 Å². The number of urea groups is 1. The highest BCUT2D eigenvalue weighted by molar-refractivity contribution is 7.13. The number of hydrogen-bond donors (Lipinski definition) is 3. The van der Waals surface area contributed by atoms with Crippen molar-refractivity contribution >= 4 is 51.8 Å². The number of halogens is 2. The van der Waals surface area contributed by atoms with E-state index in [1.54, 1.807) is 30.5 Å². The summed E-state index contributed by atoms with van der Waals surface area (Å²) < 4.78 is 0. The molecule has 1 aromatic carbocycles. The van der Waals surface area contributed by atoms with Crippen molar-refractivity contribution in [3.05, 3.63) is 44.9 Å². The molecule has 2 aromatic rings. The molecule has 0 radical (unpaired) electrons. The summed E-state index contributed by atoms with van der Waals surface area (Å²) in [5.41, 5.74) is 1.31. The minimum Gasteiger partial charge on any atom is -0.463 e. The van der Waals surface area contributed by atoms with Crippen molar-refractivity contribution in [2.45, 2.75) is 20.1 Å². The van der Waals surface area contributed by atoms with Crippen LogP contribution >= 0.6 is 34.5 Å². The Kier molecular flexibility index (Phi) is 7.46. The minimum absolute atomic E-state index is 0.0107. The molecule has 0 aliphatic rings. The van der Waals surface area contributed by atoms with Crippen LogP contribution in [0.2, 0.25) is 10.0 Å². The quantitative estimate of drug-likeness (QED) is 0.584. The lowest BCUT2D eigenvalue weighted by Gasteiger charge is -2.15. The van der Waals surface area contributed by atoms with Crippen LogP contribution in [-0.4, -0.2) is 33.8 Å². The molecule has 0 saturated heterocycles. The molecule has 1 aromatic heterocycles. The Hall–Kier alpha value is -2.07. The average Bonchev–Trinajstić information content (AvgIpc) is 3.03. The number of rotatable bonds is 7. The number of anilines is 1. The summed E-state index contributed by atoms with van der Waals surface area (Å²) in [5, 5.41) is 17.8. The second-order valence-electron chi connectivity index (χ2n) is 4.95. The van der Waals surface area contributed by atoms with Crippen LogP contribution in [0.5, 0.6) is 0 Å². The number of carboxylic acid groups (broad SMARTS) is 1. The molecule has 0 bridgehead atoms. The number of benzene rings is 1. The van der Waals surface area contributed by atoms with Gasteiger partial charge in [-0.3, -0.25) is 10.2 Å². The van der Waals surface area contributed by atoms with E-state index in [0.29, 0.717) is 20.9 Å². The van der Waals surface area contributed by atoms with Gasteiger partial charge >= 0.3 is 12.1 Å². The molecule has 0 aliphatic carbocycles. The number of hydroxylamine groups is 2. The van der Waals surface area contributed by atoms with Gasteiger partial charge in [0.05, 0.1) is 15.7 Å². The first-order valence-corrected chi connectivity index (χ1v) is 9.09. The van der Waals surface area contributed by atoms with Gasteiger partial charge in [-0.15, -0.1) is 11.3 Å². The van der Waals surface area contributed by atoms with Crippen molar-refractivity contribution in [1.82, 2.24) is 15.4 Å². The maximum Gasteiger partial charge on any atom is 0.431 e. The van der Waals surface area contributed by atoms with E-state index in [1.807, 2.05) is 0 Å². The zero-order valence-electron chi connectivity index (χ0n) is 13.7. The topological polar surface area (TPSA) is 104 Å². The van der Waals surface area contributed by atoms with Crippen molar-refractivity contribution in [3.8, 4) is 0 Å². The largest absolute Gasteiger partial charge is 0.463 e. The summed E-state index contributed by atoms with van der Waals surface area (Å²) in [6.07, 6.45) is -1.18. The third kappa shape index (κ3) is 6.03. The molecule has 0 saturated carbocycles. The predicted molar refractivity (Wildman–Crippen MR) is 99.6 cm³/mol. The summed E-state index contributed by atoms with van der Waals surface area (Å²) in [6.45, 7) is 2.11. The molecule has 3 amide bonds. The van der Waals surface area contributed by atoms with Crippen molar-refractivity contribution in [3.63, 3.8) is 0 Å². The summed E-state index contributed by atoms with van der Waals surface area (Å²) in [7, 11) is 0. The van der Waals surface area contributed by atoms with Crippen molar-refractivity contribution in [1.29, 1.82) is 0 Å². The highest BCUT2D eigenvalue weighted by Crippen LogP contribution is 2.22. The Bertz CT molecular complexity index is 787. The molecule has 1 heterocycles. The lowest BCUT2D eigenvalue weighted by Crippen LogP contribution is -2.29. The Morgan fingerprint density at radius 2 is 2.12 bits per heavy atom. The van der Waals surface area contributed by atoms with Crippen LogP contribution < -0.4 is 10.6 Å². The van der Waals surface area contributed by atoms with Gasteiger partial charge in [0, 0.05) is 18.5 Å². The maximum absolute atomic E-state index is 11.9. The first-order chi connectivity index (χ1) is 12.4. The standard InChI is InChI=1S/C15H16Cl2N4O4S/c1-2-21(15(23)24)25-7-10-8-26-14(19-10)20-13(22)18-6-9-3-4-11(16)12(17)5-9/h3-5,8H,2,6-7H2,1H3,(H,23,24)(H2,18,19,20,22). The van der Waals surface area contributed by atoms with E-state index in [2.05, 4.69) is 15.6 Å². The number of aromatic nitrogens is 1. The molecule has 8 nitrogen and oxygen atoms in total. The summed E-state index contributed by atoms with van der Waals surface area (Å²) in [4.78, 5) is 32.0. The van der Waals surface area contributed by atoms with Crippen LogP contribution in [0.3, 0.4) is 0 Å². The molecule has 3 N–H and O–H groups in total. The van der Waals surface area contributed by atoms with E-state index in [-0.39, 0.29) is 19.7 Å². The molecule has 0 aliphatic heterocycles. The second-order valence-corrected chi connectivity index (χ2v) is 6.62. The summed E-state index contributed by atoms with van der Waals surface area (Å²) >= 11 is 13.0. The summed E-state index contributed by atoms with van der Waals surface area (Å²) in [5.74, 6) is 0. The van der Waals surface area contributed by atoms with Crippen LogP contribution in [0.25, 0.3) is 0 Å².